The van der Waals surface area contributed by atoms with E-state index in [2.05, 4.69) is 18.7 Å². The van der Waals surface area contributed by atoms with Crippen molar-refractivity contribution >= 4 is 0 Å². The number of aromatic nitrogens is 1. The van der Waals surface area contributed by atoms with Crippen molar-refractivity contribution in [2.24, 2.45) is 11.8 Å². The number of halogens is 1. The van der Waals surface area contributed by atoms with Gasteiger partial charge < -0.3 is 14.6 Å². The van der Waals surface area contributed by atoms with Crippen LogP contribution >= 0.6 is 0 Å². The van der Waals surface area contributed by atoms with Crippen LogP contribution in [0.15, 0.2) is 35.1 Å². The van der Waals surface area contributed by atoms with Crippen LogP contribution in [0, 0.1) is 17.7 Å². The van der Waals surface area contributed by atoms with Crippen LogP contribution in [-0.2, 0) is 13.2 Å². The summed E-state index contributed by atoms with van der Waals surface area (Å²) in [4.78, 5) is 15.3. The predicted molar refractivity (Wildman–Crippen MR) is 104 cm³/mol. The van der Waals surface area contributed by atoms with Crippen LogP contribution in [0.1, 0.15) is 37.4 Å². The number of rotatable bonds is 4. The van der Waals surface area contributed by atoms with Crippen molar-refractivity contribution in [2.45, 2.75) is 39.3 Å². The van der Waals surface area contributed by atoms with Gasteiger partial charge in [0.15, 0.2) is 0 Å². The molecule has 0 aliphatic carbocycles. The van der Waals surface area contributed by atoms with Gasteiger partial charge in [0.1, 0.15) is 5.82 Å². The van der Waals surface area contributed by atoms with Crippen molar-refractivity contribution in [1.29, 1.82) is 0 Å². The molecule has 2 aliphatic heterocycles. The van der Waals surface area contributed by atoms with E-state index in [1.54, 1.807) is 12.1 Å². The molecule has 0 unspecified atom stereocenters. The third kappa shape index (κ3) is 3.58. The molecule has 0 spiro atoms. The Labute approximate surface area is 159 Å². The number of hydrogen-bond donors (Lipinski definition) is 1. The molecule has 4 nitrogen and oxygen atoms in total. The third-order valence-electron chi connectivity index (χ3n) is 5.78. The SMILES string of the molecule is CC(C)CN1C[C@@H]2C[C@H](C1)c1cc(-c3cc(CO)ccc3F)cc(=O)n1C2. The third-order valence-corrected chi connectivity index (χ3v) is 5.78. The van der Waals surface area contributed by atoms with Crippen molar-refractivity contribution in [3.63, 3.8) is 0 Å². The average Bonchev–Trinajstić information content (AvgIpc) is 2.62. The average molecular weight is 370 g/mol. The molecule has 2 atom stereocenters. The molecule has 5 heteroatoms. The molecule has 144 valence electrons. The van der Waals surface area contributed by atoms with Crippen molar-refractivity contribution < 1.29 is 9.50 Å². The molecule has 3 heterocycles. The normalized spacial score (nSPS) is 22.1. The second-order valence-corrected chi connectivity index (χ2v) is 8.50. The monoisotopic (exact) mass is 370 g/mol. The van der Waals surface area contributed by atoms with Crippen LogP contribution in [0.5, 0.6) is 0 Å². The Balaban J connectivity index is 1.74. The molecule has 2 bridgehead atoms. The first-order valence-electron chi connectivity index (χ1n) is 9.81. The van der Waals surface area contributed by atoms with Gasteiger partial charge in [-0.1, -0.05) is 19.9 Å². The molecule has 2 aliphatic rings. The van der Waals surface area contributed by atoms with Gasteiger partial charge in [-0.15, -0.1) is 0 Å². The summed E-state index contributed by atoms with van der Waals surface area (Å²) < 4.78 is 16.3. The molecule has 1 aromatic heterocycles. The fraction of sp³-hybridized carbons (Fsp3) is 0.500. The molecule has 4 rings (SSSR count). The first-order valence-corrected chi connectivity index (χ1v) is 9.81. The second kappa shape index (κ2) is 7.21. The van der Waals surface area contributed by atoms with Crippen LogP contribution in [0.4, 0.5) is 4.39 Å². The van der Waals surface area contributed by atoms with Crippen LogP contribution in [-0.4, -0.2) is 34.2 Å². The predicted octanol–water partition coefficient (Wildman–Crippen LogP) is 3.22. The highest BCUT2D eigenvalue weighted by Crippen LogP contribution is 2.37. The van der Waals surface area contributed by atoms with Gasteiger partial charge in [-0.25, -0.2) is 4.39 Å². The van der Waals surface area contributed by atoms with E-state index in [0.717, 1.165) is 38.3 Å². The lowest BCUT2D eigenvalue weighted by Gasteiger charge is -2.43. The van der Waals surface area contributed by atoms with Crippen LogP contribution in [0.25, 0.3) is 11.1 Å². The van der Waals surface area contributed by atoms with E-state index < -0.39 is 0 Å². The molecule has 0 saturated carbocycles. The van der Waals surface area contributed by atoms with Gasteiger partial charge in [0, 0.05) is 49.4 Å². The maximum Gasteiger partial charge on any atom is 0.251 e. The number of nitrogens with zero attached hydrogens (tertiary/aromatic N) is 2. The van der Waals surface area contributed by atoms with E-state index in [-0.39, 0.29) is 18.0 Å². The Kier molecular flexibility index (Phi) is 4.91. The molecule has 1 fully saturated rings. The van der Waals surface area contributed by atoms with E-state index in [1.807, 2.05) is 10.6 Å². The number of pyridine rings is 1. The summed E-state index contributed by atoms with van der Waals surface area (Å²) in [6.07, 6.45) is 1.09. The summed E-state index contributed by atoms with van der Waals surface area (Å²) in [7, 11) is 0. The van der Waals surface area contributed by atoms with E-state index in [4.69, 9.17) is 0 Å². The van der Waals surface area contributed by atoms with E-state index in [9.17, 15) is 14.3 Å². The molecule has 1 saturated heterocycles. The quantitative estimate of drug-likeness (QED) is 0.899. The zero-order chi connectivity index (χ0) is 19.1. The Morgan fingerprint density at radius 1 is 1.19 bits per heavy atom. The highest BCUT2D eigenvalue weighted by molar-refractivity contribution is 5.65. The first-order chi connectivity index (χ1) is 12.9. The number of benzene rings is 1. The summed E-state index contributed by atoms with van der Waals surface area (Å²) in [6.45, 7) is 8.15. The second-order valence-electron chi connectivity index (χ2n) is 8.50. The molecule has 27 heavy (non-hydrogen) atoms. The van der Waals surface area contributed by atoms with E-state index in [1.165, 1.54) is 12.1 Å². The van der Waals surface area contributed by atoms with E-state index in [0.29, 0.717) is 34.4 Å². The van der Waals surface area contributed by atoms with Crippen molar-refractivity contribution in [1.82, 2.24) is 9.47 Å². The number of hydrogen-bond acceptors (Lipinski definition) is 3. The summed E-state index contributed by atoms with van der Waals surface area (Å²) in [5.74, 6) is 1.07. The minimum absolute atomic E-state index is 0.0525. The zero-order valence-corrected chi connectivity index (χ0v) is 16.0. The first kappa shape index (κ1) is 18.4. The summed E-state index contributed by atoms with van der Waals surface area (Å²) >= 11 is 0. The number of fused-ring (bicyclic) bond motifs is 4. The number of likely N-dealkylation sites (tertiary alicyclic amines) is 1. The van der Waals surface area contributed by atoms with Crippen molar-refractivity contribution in [2.75, 3.05) is 19.6 Å². The maximum atomic E-state index is 14.4. The Bertz CT molecular complexity index is 906. The zero-order valence-electron chi connectivity index (χ0n) is 16.0. The Hall–Kier alpha value is -1.98. The molecule has 2 aromatic rings. The van der Waals surface area contributed by atoms with Gasteiger partial charge in [-0.05, 0) is 47.6 Å². The molecular formula is C22H27FN2O2. The van der Waals surface area contributed by atoms with Gasteiger partial charge in [-0.2, -0.15) is 0 Å². The van der Waals surface area contributed by atoms with Crippen LogP contribution in [0.3, 0.4) is 0 Å². The topological polar surface area (TPSA) is 45.5 Å². The van der Waals surface area contributed by atoms with E-state index >= 15 is 0 Å². The van der Waals surface area contributed by atoms with Gasteiger partial charge in [0.2, 0.25) is 0 Å². The highest BCUT2D eigenvalue weighted by atomic mass is 19.1. The molecular weight excluding hydrogens is 343 g/mol. The smallest absolute Gasteiger partial charge is 0.251 e. The number of aliphatic hydroxyl groups is 1. The fourth-order valence-corrected chi connectivity index (χ4v) is 4.77. The molecule has 0 amide bonds. The van der Waals surface area contributed by atoms with Gasteiger partial charge in [0.25, 0.3) is 5.56 Å². The van der Waals surface area contributed by atoms with Gasteiger partial charge in [-0.3, -0.25) is 4.79 Å². The summed E-state index contributed by atoms with van der Waals surface area (Å²) in [5, 5.41) is 9.37. The van der Waals surface area contributed by atoms with Crippen LogP contribution < -0.4 is 5.56 Å². The van der Waals surface area contributed by atoms with Crippen molar-refractivity contribution in [3.05, 3.63) is 57.8 Å². The van der Waals surface area contributed by atoms with Gasteiger partial charge in [0.05, 0.1) is 6.61 Å². The highest BCUT2D eigenvalue weighted by Gasteiger charge is 2.35. The largest absolute Gasteiger partial charge is 0.392 e. The lowest BCUT2D eigenvalue weighted by Crippen LogP contribution is -2.48. The lowest BCUT2D eigenvalue weighted by molar-refractivity contribution is 0.109. The van der Waals surface area contributed by atoms with Gasteiger partial charge >= 0.3 is 0 Å². The maximum absolute atomic E-state index is 14.4. The van der Waals surface area contributed by atoms with Crippen molar-refractivity contribution in [3.8, 4) is 11.1 Å². The molecule has 1 aromatic carbocycles. The number of piperidine rings is 1. The lowest BCUT2D eigenvalue weighted by atomic mass is 9.82. The minimum Gasteiger partial charge on any atom is -0.392 e. The Morgan fingerprint density at radius 3 is 2.74 bits per heavy atom. The molecule has 0 radical (unpaired) electrons. The van der Waals surface area contributed by atoms with Crippen LogP contribution in [0.2, 0.25) is 0 Å². The fourth-order valence-electron chi connectivity index (χ4n) is 4.77. The standard InChI is InChI=1S/C22H27FN2O2/c1-14(2)9-24-10-16-5-18(12-24)21-7-17(8-22(27)25(21)11-16)19-6-15(13-26)3-4-20(19)23/h3-4,6-8,14,16,18,26H,5,9-13H2,1-2H3/t16-,18+/m0/s1. The Morgan fingerprint density at radius 2 is 2.00 bits per heavy atom. The minimum atomic E-state index is -0.365. The summed E-state index contributed by atoms with van der Waals surface area (Å²) in [6, 6.07) is 8.09. The molecule has 1 N–H and O–H groups in total. The number of aliphatic hydroxyl groups excluding tert-OH is 1. The summed E-state index contributed by atoms with van der Waals surface area (Å²) in [5.41, 5.74) is 2.61.